The molecule has 0 aromatic carbocycles. The van der Waals surface area contributed by atoms with Gasteiger partial charge in [0.25, 0.3) is 0 Å². The lowest BCUT2D eigenvalue weighted by molar-refractivity contribution is -0.0578. The molecule has 1 N–H and O–H groups in total. The van der Waals surface area contributed by atoms with Gasteiger partial charge in [-0.15, -0.1) is 0 Å². The number of ether oxygens (including phenoxy) is 1. The van der Waals surface area contributed by atoms with E-state index >= 15 is 0 Å². The Balaban J connectivity index is 2.01. The minimum atomic E-state index is 0.0692. The molecule has 0 aliphatic carbocycles. The van der Waals surface area contributed by atoms with Crippen LogP contribution >= 0.6 is 0 Å². The van der Waals surface area contributed by atoms with Crippen molar-refractivity contribution in [1.82, 2.24) is 10.2 Å². The largest absolute Gasteiger partial charge is 0.468 e. The first kappa shape index (κ1) is 15.5. The fourth-order valence-corrected chi connectivity index (χ4v) is 2.38. The highest BCUT2D eigenvalue weighted by molar-refractivity contribution is 5.17. The van der Waals surface area contributed by atoms with Crippen LogP contribution in [-0.2, 0) is 17.8 Å². The fraction of sp³-hybridized carbons (Fsp3) is 0.750. The van der Waals surface area contributed by atoms with Crippen molar-refractivity contribution >= 4 is 0 Å². The van der Waals surface area contributed by atoms with Crippen LogP contribution in [-0.4, -0.2) is 35.7 Å². The van der Waals surface area contributed by atoms with Crippen LogP contribution in [0.4, 0.5) is 0 Å². The van der Waals surface area contributed by atoms with Gasteiger partial charge in [-0.3, -0.25) is 4.90 Å². The van der Waals surface area contributed by atoms with Gasteiger partial charge in [0.1, 0.15) is 5.76 Å². The van der Waals surface area contributed by atoms with Crippen molar-refractivity contribution in [3.63, 3.8) is 0 Å². The smallest absolute Gasteiger partial charge is 0.122 e. The van der Waals surface area contributed by atoms with Crippen molar-refractivity contribution in [2.75, 3.05) is 19.8 Å². The summed E-state index contributed by atoms with van der Waals surface area (Å²) >= 11 is 0. The van der Waals surface area contributed by atoms with E-state index in [1.54, 1.807) is 6.26 Å². The van der Waals surface area contributed by atoms with Gasteiger partial charge in [-0.1, -0.05) is 0 Å². The maximum Gasteiger partial charge on any atom is 0.122 e. The van der Waals surface area contributed by atoms with Crippen molar-refractivity contribution in [2.24, 2.45) is 0 Å². The van der Waals surface area contributed by atoms with Crippen LogP contribution in [0.25, 0.3) is 0 Å². The molecule has 0 unspecified atom stereocenters. The van der Waals surface area contributed by atoms with Crippen LogP contribution in [0.1, 0.15) is 45.9 Å². The summed E-state index contributed by atoms with van der Waals surface area (Å²) in [7, 11) is 0. The predicted molar refractivity (Wildman–Crippen MR) is 80.6 cm³/mol. The molecule has 1 aliphatic heterocycles. The summed E-state index contributed by atoms with van der Waals surface area (Å²) in [6, 6.07) is 2.07. The van der Waals surface area contributed by atoms with Crippen molar-refractivity contribution in [3.05, 3.63) is 23.7 Å². The molecule has 2 heterocycles. The molecule has 0 spiro atoms. The predicted octanol–water partition coefficient (Wildman–Crippen LogP) is 2.78. The number of rotatable bonds is 4. The minimum Gasteiger partial charge on any atom is -0.468 e. The monoisotopic (exact) mass is 280 g/mol. The third-order valence-corrected chi connectivity index (χ3v) is 3.80. The molecule has 2 rings (SSSR count). The Labute approximate surface area is 122 Å². The first-order valence-corrected chi connectivity index (χ1v) is 7.41. The first-order valence-electron chi connectivity index (χ1n) is 7.41. The molecule has 0 radical (unpaired) electrons. The Hall–Kier alpha value is -0.840. The van der Waals surface area contributed by atoms with Gasteiger partial charge in [-0.05, 0) is 40.7 Å². The molecular formula is C16H28N2O2. The number of furan rings is 1. The van der Waals surface area contributed by atoms with Crippen LogP contribution in [0.5, 0.6) is 0 Å². The molecule has 4 nitrogen and oxygen atoms in total. The second-order valence-corrected chi connectivity index (χ2v) is 7.26. The van der Waals surface area contributed by atoms with E-state index in [0.717, 1.165) is 38.6 Å². The lowest BCUT2D eigenvalue weighted by Gasteiger charge is -2.41. The Morgan fingerprint density at radius 2 is 2.10 bits per heavy atom. The van der Waals surface area contributed by atoms with Crippen molar-refractivity contribution in [1.29, 1.82) is 0 Å². The third kappa shape index (κ3) is 4.08. The maximum absolute atomic E-state index is 5.70. The normalized spacial score (nSPS) is 20.2. The van der Waals surface area contributed by atoms with E-state index < -0.39 is 0 Å². The van der Waals surface area contributed by atoms with Gasteiger partial charge in [0.05, 0.1) is 26.0 Å². The summed E-state index contributed by atoms with van der Waals surface area (Å²) in [4.78, 5) is 2.44. The Kier molecular flexibility index (Phi) is 4.57. The highest BCUT2D eigenvalue weighted by Crippen LogP contribution is 2.23. The second-order valence-electron chi connectivity index (χ2n) is 7.26. The molecule has 0 bridgehead atoms. The lowest BCUT2D eigenvalue weighted by atomic mass is 10.0. The van der Waals surface area contributed by atoms with Crippen molar-refractivity contribution in [2.45, 2.75) is 58.8 Å². The van der Waals surface area contributed by atoms with E-state index in [0.29, 0.717) is 0 Å². The second kappa shape index (κ2) is 5.88. The number of hydrogen-bond donors (Lipinski definition) is 1. The third-order valence-electron chi connectivity index (χ3n) is 3.80. The van der Waals surface area contributed by atoms with Gasteiger partial charge in [-0.2, -0.15) is 0 Å². The zero-order valence-corrected chi connectivity index (χ0v) is 13.5. The standard InChI is InChI=1S/C16H28N2O2/c1-15(2,3)17-10-13-6-8-20-14(13)11-18-7-9-19-12-16(18,4)5/h6,8,17H,7,9-12H2,1-5H3. The highest BCUT2D eigenvalue weighted by Gasteiger charge is 2.31. The number of morpholine rings is 1. The minimum absolute atomic E-state index is 0.0692. The Morgan fingerprint density at radius 1 is 1.35 bits per heavy atom. The summed E-state index contributed by atoms with van der Waals surface area (Å²) in [6.45, 7) is 15.2. The summed E-state index contributed by atoms with van der Waals surface area (Å²) in [5, 5.41) is 3.52. The summed E-state index contributed by atoms with van der Waals surface area (Å²) in [5.74, 6) is 1.07. The highest BCUT2D eigenvalue weighted by atomic mass is 16.5. The van der Waals surface area contributed by atoms with Gasteiger partial charge >= 0.3 is 0 Å². The molecule has 1 aromatic rings. The molecule has 1 saturated heterocycles. The van der Waals surface area contributed by atoms with Crippen LogP contribution < -0.4 is 5.32 Å². The molecule has 4 heteroatoms. The maximum atomic E-state index is 5.70. The molecule has 1 aromatic heterocycles. The zero-order chi connectivity index (χ0) is 14.8. The van der Waals surface area contributed by atoms with E-state index in [9.17, 15) is 0 Å². The molecule has 0 amide bonds. The zero-order valence-electron chi connectivity index (χ0n) is 13.5. The fourth-order valence-electron chi connectivity index (χ4n) is 2.38. The SMILES string of the molecule is CC(C)(C)NCc1ccoc1CN1CCOCC1(C)C. The van der Waals surface area contributed by atoms with E-state index in [-0.39, 0.29) is 11.1 Å². The quantitative estimate of drug-likeness (QED) is 0.920. The topological polar surface area (TPSA) is 37.6 Å². The van der Waals surface area contributed by atoms with Crippen molar-refractivity contribution in [3.8, 4) is 0 Å². The van der Waals surface area contributed by atoms with Crippen LogP contribution in [0.3, 0.4) is 0 Å². The number of nitrogens with one attached hydrogen (secondary N) is 1. The van der Waals surface area contributed by atoms with E-state index in [1.807, 2.05) is 0 Å². The van der Waals surface area contributed by atoms with E-state index in [2.05, 4.69) is 50.9 Å². The molecule has 114 valence electrons. The molecule has 1 fully saturated rings. The van der Waals surface area contributed by atoms with Gasteiger partial charge in [-0.25, -0.2) is 0 Å². The van der Waals surface area contributed by atoms with Crippen LogP contribution in [0, 0.1) is 0 Å². The van der Waals surface area contributed by atoms with Crippen LogP contribution in [0.15, 0.2) is 16.7 Å². The average Bonchev–Trinajstić information content (AvgIpc) is 2.76. The number of hydrogen-bond acceptors (Lipinski definition) is 4. The summed E-state index contributed by atoms with van der Waals surface area (Å²) in [5.41, 5.74) is 1.44. The van der Waals surface area contributed by atoms with Gasteiger partial charge < -0.3 is 14.5 Å². The van der Waals surface area contributed by atoms with E-state index in [4.69, 9.17) is 9.15 Å². The molecule has 0 saturated carbocycles. The molecule has 1 aliphatic rings. The average molecular weight is 280 g/mol. The lowest BCUT2D eigenvalue weighted by Crippen LogP contribution is -2.52. The molecular weight excluding hydrogens is 252 g/mol. The molecule has 0 atom stereocenters. The Bertz CT molecular complexity index is 432. The summed E-state index contributed by atoms with van der Waals surface area (Å²) < 4.78 is 11.3. The van der Waals surface area contributed by atoms with Gasteiger partial charge in [0, 0.05) is 29.7 Å². The van der Waals surface area contributed by atoms with E-state index in [1.165, 1.54) is 5.56 Å². The molecule has 20 heavy (non-hydrogen) atoms. The van der Waals surface area contributed by atoms with Gasteiger partial charge in [0.2, 0.25) is 0 Å². The Morgan fingerprint density at radius 3 is 2.75 bits per heavy atom. The van der Waals surface area contributed by atoms with Crippen molar-refractivity contribution < 1.29 is 9.15 Å². The van der Waals surface area contributed by atoms with Gasteiger partial charge in [0.15, 0.2) is 0 Å². The first-order chi connectivity index (χ1) is 9.28. The number of nitrogens with zero attached hydrogens (tertiary/aromatic N) is 1. The van der Waals surface area contributed by atoms with Crippen LogP contribution in [0.2, 0.25) is 0 Å². The summed E-state index contributed by atoms with van der Waals surface area (Å²) in [6.07, 6.45) is 1.79.